The molecule has 1 aliphatic rings. The van der Waals surface area contributed by atoms with Crippen LogP contribution < -0.4 is 42.5 Å². The van der Waals surface area contributed by atoms with E-state index >= 15 is 0 Å². The maximum atomic E-state index is 13.4. The number of carbonyl (C=O) groups excluding carboxylic acids is 7. The van der Waals surface area contributed by atoms with Crippen molar-refractivity contribution in [3.05, 3.63) is 0 Å². The summed E-state index contributed by atoms with van der Waals surface area (Å²) in [6.45, 7) is 1.42. The summed E-state index contributed by atoms with van der Waals surface area (Å²) in [5.74, 6) is -13.0. The number of hydrogen-bond donors (Lipinski definition) is 10. The molecule has 1 rings (SSSR count). The van der Waals surface area contributed by atoms with Crippen LogP contribution in [-0.2, 0) is 38.4 Å². The van der Waals surface area contributed by atoms with Crippen LogP contribution in [0.1, 0.15) is 52.4 Å². The van der Waals surface area contributed by atoms with Gasteiger partial charge in [0.2, 0.25) is 29.5 Å². The summed E-state index contributed by atoms with van der Waals surface area (Å²) in [6, 6.07) is -6.15. The van der Waals surface area contributed by atoms with Crippen LogP contribution in [0.5, 0.6) is 0 Å². The monoisotopic (exact) mass is 747 g/mol. The molecule has 0 radical (unpaired) electrons. The Morgan fingerprint density at radius 3 is 1.84 bits per heavy atom. The second-order valence-electron chi connectivity index (χ2n) is 11.4. The second-order valence-corrected chi connectivity index (χ2v) is 11.4. The Morgan fingerprint density at radius 1 is 0.745 bits per heavy atom. The third kappa shape index (κ3) is 16.4. The molecule has 1 saturated heterocycles. The third-order valence-corrected chi connectivity index (χ3v) is 6.90. The minimum atomic E-state index is -5.26. The summed E-state index contributed by atoms with van der Waals surface area (Å²) in [6.07, 6.45) is -12.2. The smallest absolute Gasteiger partial charge is 0.471 e. The number of rotatable bonds is 12. The van der Waals surface area contributed by atoms with E-state index in [1.807, 2.05) is 0 Å². The summed E-state index contributed by atoms with van der Waals surface area (Å²) in [4.78, 5) is 98.8. The summed E-state index contributed by atoms with van der Waals surface area (Å²) in [5.41, 5.74) is 0. The van der Waals surface area contributed by atoms with Crippen LogP contribution >= 0.6 is 0 Å². The van der Waals surface area contributed by atoms with Crippen molar-refractivity contribution in [2.75, 3.05) is 19.6 Å². The van der Waals surface area contributed by atoms with Crippen molar-refractivity contribution in [3.8, 4) is 0 Å². The molecular formula is C27H39F6N9O9. The summed E-state index contributed by atoms with van der Waals surface area (Å²) in [5, 5.41) is 33.1. The molecule has 0 aliphatic carbocycles. The number of alkyl halides is 6. The molecule has 7 amide bonds. The van der Waals surface area contributed by atoms with Crippen LogP contribution in [0.4, 0.5) is 26.3 Å². The molecule has 0 saturated carbocycles. The van der Waals surface area contributed by atoms with E-state index in [1.54, 1.807) is 5.32 Å². The first-order chi connectivity index (χ1) is 23.5. The SMILES string of the molecule is CC(C)[C@H]1NC(=O)[C@H](CCCCNC(=O)C(F)(F)F)NC(=O)[C@H](CC(=O)O)NC(=O)CNC(=O)[C@H](CCCNC(=N)NC(=O)C(F)(F)F)NC1=O. The van der Waals surface area contributed by atoms with E-state index in [0.717, 1.165) is 0 Å². The van der Waals surface area contributed by atoms with Gasteiger partial charge in [-0.3, -0.25) is 49.1 Å². The van der Waals surface area contributed by atoms with Crippen molar-refractivity contribution >= 4 is 53.3 Å². The normalized spacial score (nSPS) is 21.1. The van der Waals surface area contributed by atoms with E-state index in [0.29, 0.717) is 0 Å². The highest BCUT2D eigenvalue weighted by atomic mass is 19.4. The number of carboxylic acids is 1. The van der Waals surface area contributed by atoms with Gasteiger partial charge in [-0.15, -0.1) is 0 Å². The zero-order chi connectivity index (χ0) is 39.1. The Labute approximate surface area is 285 Å². The Hall–Kier alpha value is -5.19. The highest BCUT2D eigenvalue weighted by Gasteiger charge is 2.40. The first-order valence-electron chi connectivity index (χ1n) is 15.3. The molecule has 0 aromatic carbocycles. The predicted octanol–water partition coefficient (Wildman–Crippen LogP) is -1.98. The fourth-order valence-corrected chi connectivity index (χ4v) is 4.30. The van der Waals surface area contributed by atoms with Gasteiger partial charge in [0.05, 0.1) is 13.0 Å². The Morgan fingerprint density at radius 2 is 1.27 bits per heavy atom. The topological polar surface area (TPSA) is 277 Å². The van der Waals surface area contributed by atoms with Crippen LogP contribution in [0.3, 0.4) is 0 Å². The van der Waals surface area contributed by atoms with Gasteiger partial charge in [0.25, 0.3) is 0 Å². The fourth-order valence-electron chi connectivity index (χ4n) is 4.30. The minimum Gasteiger partial charge on any atom is -0.481 e. The van der Waals surface area contributed by atoms with Crippen molar-refractivity contribution in [2.45, 2.75) is 88.9 Å². The van der Waals surface area contributed by atoms with Gasteiger partial charge in [0.1, 0.15) is 24.2 Å². The molecule has 0 spiro atoms. The van der Waals surface area contributed by atoms with Crippen molar-refractivity contribution in [2.24, 2.45) is 5.92 Å². The molecule has 4 atom stereocenters. The van der Waals surface area contributed by atoms with Crippen LogP contribution in [-0.4, -0.2) is 115 Å². The van der Waals surface area contributed by atoms with E-state index in [-0.39, 0.29) is 38.6 Å². The van der Waals surface area contributed by atoms with Crippen molar-refractivity contribution in [3.63, 3.8) is 0 Å². The highest BCUT2D eigenvalue weighted by Crippen LogP contribution is 2.15. The van der Waals surface area contributed by atoms with Gasteiger partial charge in [-0.1, -0.05) is 13.8 Å². The average molecular weight is 748 g/mol. The minimum absolute atomic E-state index is 0.0725. The second kappa shape index (κ2) is 19.9. The summed E-state index contributed by atoms with van der Waals surface area (Å²) >= 11 is 0. The molecule has 0 aromatic rings. The number of carboxylic acid groups (broad SMARTS) is 1. The fraction of sp³-hybridized carbons (Fsp3) is 0.667. The Balaban J connectivity index is 3.22. The number of carbonyl (C=O) groups is 8. The number of aliphatic carboxylic acids is 1. The zero-order valence-corrected chi connectivity index (χ0v) is 27.2. The van der Waals surface area contributed by atoms with Gasteiger partial charge < -0.3 is 42.3 Å². The summed E-state index contributed by atoms with van der Waals surface area (Å²) in [7, 11) is 0. The number of hydrogen-bond acceptors (Lipinski definition) is 9. The number of halogens is 6. The number of nitrogens with one attached hydrogen (secondary N) is 9. The van der Waals surface area contributed by atoms with Crippen LogP contribution in [0.15, 0.2) is 0 Å². The lowest BCUT2D eigenvalue weighted by atomic mass is 10.0. The van der Waals surface area contributed by atoms with Gasteiger partial charge in [-0.2, -0.15) is 26.3 Å². The molecule has 18 nitrogen and oxygen atoms in total. The first kappa shape index (κ1) is 43.8. The largest absolute Gasteiger partial charge is 0.481 e. The van der Waals surface area contributed by atoms with Gasteiger partial charge in [-0.25, -0.2) is 0 Å². The number of guanidine groups is 1. The molecule has 1 fully saturated rings. The van der Waals surface area contributed by atoms with Crippen molar-refractivity contribution in [1.29, 1.82) is 5.41 Å². The maximum absolute atomic E-state index is 13.4. The quantitative estimate of drug-likeness (QED) is 0.0455. The maximum Gasteiger partial charge on any atom is 0.471 e. The van der Waals surface area contributed by atoms with E-state index in [9.17, 15) is 69.8 Å². The molecule has 10 N–H and O–H groups in total. The number of unbranched alkanes of at least 4 members (excludes halogenated alkanes) is 1. The zero-order valence-electron chi connectivity index (χ0n) is 27.2. The van der Waals surface area contributed by atoms with E-state index in [1.165, 1.54) is 19.2 Å². The number of amides is 7. The van der Waals surface area contributed by atoms with Gasteiger partial charge >= 0.3 is 30.1 Å². The summed E-state index contributed by atoms with van der Waals surface area (Å²) < 4.78 is 74.6. The molecule has 24 heteroatoms. The van der Waals surface area contributed by atoms with Gasteiger partial charge in [0.15, 0.2) is 5.96 Å². The molecule has 0 unspecified atom stereocenters. The molecule has 0 aromatic heterocycles. The van der Waals surface area contributed by atoms with Gasteiger partial charge in [-0.05, 0) is 38.0 Å². The lowest BCUT2D eigenvalue weighted by Crippen LogP contribution is -2.59. The Kier molecular flexibility index (Phi) is 17.1. The van der Waals surface area contributed by atoms with Crippen molar-refractivity contribution < 1.29 is 69.8 Å². The first-order valence-corrected chi connectivity index (χ1v) is 15.3. The van der Waals surface area contributed by atoms with Gasteiger partial charge in [0, 0.05) is 13.1 Å². The molecule has 1 heterocycles. The predicted molar refractivity (Wildman–Crippen MR) is 160 cm³/mol. The molecule has 51 heavy (non-hydrogen) atoms. The lowest BCUT2D eigenvalue weighted by molar-refractivity contribution is -0.173. The molecule has 288 valence electrons. The molecule has 0 bridgehead atoms. The molecule has 1 aliphatic heterocycles. The average Bonchev–Trinajstić information content (AvgIpc) is 3.00. The van der Waals surface area contributed by atoms with E-state index in [4.69, 9.17) is 5.41 Å². The van der Waals surface area contributed by atoms with Crippen LogP contribution in [0, 0.1) is 11.3 Å². The third-order valence-electron chi connectivity index (χ3n) is 6.90. The molecular weight excluding hydrogens is 708 g/mol. The lowest BCUT2D eigenvalue weighted by Gasteiger charge is -2.27. The van der Waals surface area contributed by atoms with Crippen molar-refractivity contribution in [1.82, 2.24) is 42.5 Å². The van der Waals surface area contributed by atoms with E-state index < -0.39 is 115 Å². The Bertz CT molecular complexity index is 1330. The van der Waals surface area contributed by atoms with E-state index in [2.05, 4.69) is 31.9 Å². The van der Waals surface area contributed by atoms with Crippen LogP contribution in [0.2, 0.25) is 0 Å². The highest BCUT2D eigenvalue weighted by molar-refractivity contribution is 5.99. The standard InChI is InChI=1S/C27H39F6N9O9/c1-12(2)18-22(49)40-13(7-5-9-36-25(34)42-24(51)27(31,32)33)19(46)37-11-16(43)38-15(10-17(44)45)21(48)39-14(20(47)41-18)6-3-4-8-35-23(50)26(28,29)30/h12-15,18H,3-11H2,1-2H3,(H,35,50)(H,37,46)(H,38,43)(H,39,48)(H,40,49)(H,41,47)(H,44,45)(H3,34,36,42,51)/t13-,14-,15-,18+/m0/s1. The van der Waals surface area contributed by atoms with Crippen LogP contribution in [0.25, 0.3) is 0 Å².